The number of carbonyl (C=O) groups is 1. The van der Waals surface area contributed by atoms with Crippen LogP contribution in [0.15, 0.2) is 84.9 Å². The van der Waals surface area contributed by atoms with Gasteiger partial charge in [0.1, 0.15) is 11.5 Å². The molecular formula is C25H25NO2. The fourth-order valence-corrected chi connectivity index (χ4v) is 4.20. The monoisotopic (exact) mass is 371 g/mol. The summed E-state index contributed by atoms with van der Waals surface area (Å²) >= 11 is 0. The van der Waals surface area contributed by atoms with E-state index in [1.165, 1.54) is 11.1 Å². The number of ketones is 1. The molecule has 1 fully saturated rings. The van der Waals surface area contributed by atoms with Gasteiger partial charge >= 0.3 is 0 Å². The van der Waals surface area contributed by atoms with E-state index >= 15 is 0 Å². The summed E-state index contributed by atoms with van der Waals surface area (Å²) in [6.45, 7) is 0.788. The molecule has 0 saturated carbocycles. The Hall–Kier alpha value is -2.91. The van der Waals surface area contributed by atoms with Crippen LogP contribution in [0.1, 0.15) is 41.6 Å². The van der Waals surface area contributed by atoms with E-state index in [1.807, 2.05) is 42.5 Å². The second kappa shape index (κ2) is 8.41. The summed E-state index contributed by atoms with van der Waals surface area (Å²) in [7, 11) is 1.69. The normalized spacial score (nSPS) is 20.1. The minimum Gasteiger partial charge on any atom is -0.496 e. The number of hydrogen-bond donors (Lipinski definition) is 0. The topological polar surface area (TPSA) is 29.5 Å². The van der Waals surface area contributed by atoms with Crippen molar-refractivity contribution in [2.45, 2.75) is 31.5 Å². The maximum absolute atomic E-state index is 12.8. The number of para-hydroxylation sites is 1. The zero-order valence-electron chi connectivity index (χ0n) is 16.1. The Labute approximate surface area is 166 Å². The molecule has 0 amide bonds. The van der Waals surface area contributed by atoms with E-state index in [2.05, 4.69) is 47.4 Å². The van der Waals surface area contributed by atoms with Crippen molar-refractivity contribution in [2.75, 3.05) is 7.11 Å². The Balaban J connectivity index is 1.78. The highest BCUT2D eigenvalue weighted by molar-refractivity contribution is 5.81. The molecule has 0 unspecified atom stereocenters. The van der Waals surface area contributed by atoms with Gasteiger partial charge in [-0.1, -0.05) is 78.9 Å². The Bertz CT molecular complexity index is 924. The molecule has 4 rings (SSSR count). The lowest BCUT2D eigenvalue weighted by molar-refractivity contribution is -0.126. The van der Waals surface area contributed by atoms with E-state index in [1.54, 1.807) is 7.11 Å². The molecule has 142 valence electrons. The van der Waals surface area contributed by atoms with Gasteiger partial charge in [0, 0.05) is 37.0 Å². The first-order valence-corrected chi connectivity index (χ1v) is 9.75. The molecule has 0 aliphatic carbocycles. The van der Waals surface area contributed by atoms with E-state index in [0.29, 0.717) is 18.6 Å². The molecule has 0 N–H and O–H groups in total. The highest BCUT2D eigenvalue weighted by atomic mass is 16.5. The summed E-state index contributed by atoms with van der Waals surface area (Å²) in [4.78, 5) is 15.2. The van der Waals surface area contributed by atoms with Crippen LogP contribution in [-0.4, -0.2) is 17.8 Å². The van der Waals surface area contributed by atoms with Crippen molar-refractivity contribution in [1.29, 1.82) is 0 Å². The van der Waals surface area contributed by atoms with E-state index < -0.39 is 0 Å². The fourth-order valence-electron chi connectivity index (χ4n) is 4.20. The van der Waals surface area contributed by atoms with Crippen LogP contribution in [0.5, 0.6) is 5.75 Å². The van der Waals surface area contributed by atoms with Gasteiger partial charge in [-0.3, -0.25) is 9.69 Å². The molecule has 2 atom stereocenters. The summed E-state index contributed by atoms with van der Waals surface area (Å²) in [6, 6.07) is 29.0. The first-order chi connectivity index (χ1) is 13.8. The van der Waals surface area contributed by atoms with Crippen molar-refractivity contribution in [3.8, 4) is 5.75 Å². The number of ether oxygens (including phenoxy) is 1. The highest BCUT2D eigenvalue weighted by Gasteiger charge is 2.37. The zero-order valence-corrected chi connectivity index (χ0v) is 16.1. The number of hydrogen-bond acceptors (Lipinski definition) is 3. The minimum atomic E-state index is -0.0113. The number of nitrogens with zero attached hydrogens (tertiary/aromatic N) is 1. The van der Waals surface area contributed by atoms with Crippen LogP contribution in [0.25, 0.3) is 0 Å². The second-order valence-electron chi connectivity index (χ2n) is 7.29. The van der Waals surface area contributed by atoms with Crippen LogP contribution in [0.3, 0.4) is 0 Å². The van der Waals surface area contributed by atoms with Gasteiger partial charge in [-0.15, -0.1) is 0 Å². The van der Waals surface area contributed by atoms with Crippen molar-refractivity contribution in [2.24, 2.45) is 0 Å². The molecule has 0 spiro atoms. The largest absolute Gasteiger partial charge is 0.496 e. The number of benzene rings is 3. The third-order valence-corrected chi connectivity index (χ3v) is 5.53. The zero-order chi connectivity index (χ0) is 19.3. The van der Waals surface area contributed by atoms with E-state index in [-0.39, 0.29) is 12.1 Å². The molecule has 1 aliphatic heterocycles. The molecule has 0 aromatic heterocycles. The number of rotatable bonds is 5. The molecule has 3 aromatic rings. The van der Waals surface area contributed by atoms with Crippen molar-refractivity contribution < 1.29 is 9.53 Å². The van der Waals surface area contributed by atoms with Crippen molar-refractivity contribution in [3.05, 3.63) is 102 Å². The molecule has 3 nitrogen and oxygen atoms in total. The molecule has 0 radical (unpaired) electrons. The Morgan fingerprint density at radius 2 is 1.43 bits per heavy atom. The number of likely N-dealkylation sites (tertiary alicyclic amines) is 1. The van der Waals surface area contributed by atoms with Crippen LogP contribution in [-0.2, 0) is 11.3 Å². The van der Waals surface area contributed by atoms with Gasteiger partial charge < -0.3 is 4.74 Å². The lowest BCUT2D eigenvalue weighted by Crippen LogP contribution is -2.39. The minimum absolute atomic E-state index is 0.0113. The maximum atomic E-state index is 12.8. The SMILES string of the molecule is COc1ccccc1[C@H]1CC(=O)C[C@@H](c2ccccc2)N1Cc1ccccc1. The molecule has 28 heavy (non-hydrogen) atoms. The third kappa shape index (κ3) is 3.85. The van der Waals surface area contributed by atoms with Crippen LogP contribution in [0.2, 0.25) is 0 Å². The third-order valence-electron chi connectivity index (χ3n) is 5.53. The lowest BCUT2D eigenvalue weighted by atomic mass is 9.86. The predicted octanol–water partition coefficient (Wildman–Crippen LogP) is 5.34. The molecule has 1 saturated heterocycles. The van der Waals surface area contributed by atoms with Crippen molar-refractivity contribution >= 4 is 5.78 Å². The van der Waals surface area contributed by atoms with E-state index in [4.69, 9.17) is 4.74 Å². The quantitative estimate of drug-likeness (QED) is 0.606. The van der Waals surface area contributed by atoms with Gasteiger partial charge in [0.25, 0.3) is 0 Å². The van der Waals surface area contributed by atoms with Gasteiger partial charge in [-0.2, -0.15) is 0 Å². The molecule has 0 bridgehead atoms. The van der Waals surface area contributed by atoms with Crippen molar-refractivity contribution in [1.82, 2.24) is 4.90 Å². The van der Waals surface area contributed by atoms with Gasteiger partial charge in [0.05, 0.1) is 7.11 Å². The van der Waals surface area contributed by atoms with Gasteiger partial charge in [0.2, 0.25) is 0 Å². The Morgan fingerprint density at radius 3 is 2.14 bits per heavy atom. The number of methoxy groups -OCH3 is 1. The molecular weight excluding hydrogens is 346 g/mol. The average molecular weight is 371 g/mol. The molecule has 1 heterocycles. The first kappa shape index (κ1) is 18.5. The number of Topliss-reactive ketones (excluding diaryl/α,β-unsaturated/α-hetero) is 1. The Morgan fingerprint density at radius 1 is 0.821 bits per heavy atom. The second-order valence-corrected chi connectivity index (χ2v) is 7.29. The van der Waals surface area contributed by atoms with Crippen LogP contribution in [0.4, 0.5) is 0 Å². The summed E-state index contributed by atoms with van der Waals surface area (Å²) in [6.07, 6.45) is 1.05. The standard InChI is InChI=1S/C25H25NO2/c1-28-25-15-9-8-14-22(25)24-17-21(27)16-23(20-12-6-3-7-13-20)26(24)18-19-10-4-2-5-11-19/h2-15,23-24H,16-18H2,1H3/t23-,24+/m0/s1. The average Bonchev–Trinajstić information content (AvgIpc) is 2.76. The molecule has 3 aromatic carbocycles. The van der Waals surface area contributed by atoms with Crippen molar-refractivity contribution in [3.63, 3.8) is 0 Å². The summed E-state index contributed by atoms with van der Waals surface area (Å²) in [5.41, 5.74) is 3.51. The van der Waals surface area contributed by atoms with Gasteiger partial charge in [0.15, 0.2) is 0 Å². The molecule has 1 aliphatic rings. The highest BCUT2D eigenvalue weighted by Crippen LogP contribution is 2.43. The summed E-state index contributed by atoms with van der Waals surface area (Å²) in [5, 5.41) is 0. The number of piperidine rings is 1. The summed E-state index contributed by atoms with van der Waals surface area (Å²) in [5.74, 6) is 1.14. The van der Waals surface area contributed by atoms with E-state index in [0.717, 1.165) is 17.9 Å². The van der Waals surface area contributed by atoms with Crippen LogP contribution in [0, 0.1) is 0 Å². The Kier molecular flexibility index (Phi) is 5.54. The van der Waals surface area contributed by atoms with Crippen LogP contribution >= 0.6 is 0 Å². The van der Waals surface area contributed by atoms with Crippen LogP contribution < -0.4 is 4.74 Å². The lowest BCUT2D eigenvalue weighted by Gasteiger charge is -2.42. The summed E-state index contributed by atoms with van der Waals surface area (Å²) < 4.78 is 5.64. The predicted molar refractivity (Wildman–Crippen MR) is 111 cm³/mol. The van der Waals surface area contributed by atoms with E-state index in [9.17, 15) is 4.79 Å². The molecule has 3 heteroatoms. The van der Waals surface area contributed by atoms with Gasteiger partial charge in [-0.25, -0.2) is 0 Å². The number of carbonyl (C=O) groups excluding carboxylic acids is 1. The smallest absolute Gasteiger partial charge is 0.136 e. The van der Waals surface area contributed by atoms with Gasteiger partial charge in [-0.05, 0) is 17.2 Å². The first-order valence-electron chi connectivity index (χ1n) is 9.75. The maximum Gasteiger partial charge on any atom is 0.136 e. The fraction of sp³-hybridized carbons (Fsp3) is 0.240.